The molecule has 3 heteroatoms. The summed E-state index contributed by atoms with van der Waals surface area (Å²) in [6.07, 6.45) is 4.84. The summed E-state index contributed by atoms with van der Waals surface area (Å²) in [6.45, 7) is 0. The zero-order valence-electron chi connectivity index (χ0n) is 10.5. The van der Waals surface area contributed by atoms with E-state index >= 15 is 0 Å². The van der Waals surface area contributed by atoms with Gasteiger partial charge in [0.15, 0.2) is 0 Å². The van der Waals surface area contributed by atoms with E-state index in [0.717, 1.165) is 41.9 Å². The third-order valence-electron chi connectivity index (χ3n) is 3.31. The van der Waals surface area contributed by atoms with Gasteiger partial charge in [-0.05, 0) is 43.5 Å². The number of rotatable bonds is 1. The monoisotopic (exact) mass is 247 g/mol. The first-order valence-corrected chi connectivity index (χ1v) is 6.39. The van der Waals surface area contributed by atoms with Gasteiger partial charge >= 0.3 is 0 Å². The summed E-state index contributed by atoms with van der Waals surface area (Å²) in [4.78, 5) is 9.09. The van der Waals surface area contributed by atoms with Crippen LogP contribution in [0.1, 0.15) is 29.7 Å². The molecule has 3 rings (SSSR count). The summed E-state index contributed by atoms with van der Waals surface area (Å²) in [6, 6.07) is 13.6. The van der Waals surface area contributed by atoms with Crippen molar-refractivity contribution in [3.8, 4) is 6.07 Å². The average Bonchev–Trinajstić information content (AvgIpc) is 2.48. The number of nitriles is 1. The molecular weight excluding hydrogens is 234 g/mol. The molecule has 0 radical (unpaired) electrons. The van der Waals surface area contributed by atoms with Crippen LogP contribution in [0.2, 0.25) is 0 Å². The Balaban J connectivity index is 2.09. The Hall–Kier alpha value is -2.47. The predicted molar refractivity (Wildman–Crippen MR) is 74.5 cm³/mol. The van der Waals surface area contributed by atoms with E-state index < -0.39 is 0 Å². The van der Waals surface area contributed by atoms with Gasteiger partial charge in [-0.2, -0.15) is 5.26 Å². The van der Waals surface area contributed by atoms with Gasteiger partial charge in [0.1, 0.15) is 6.07 Å². The van der Waals surface area contributed by atoms with Crippen LogP contribution in [0, 0.1) is 11.3 Å². The summed E-state index contributed by atoms with van der Waals surface area (Å²) < 4.78 is 0. The lowest BCUT2D eigenvalue weighted by molar-refractivity contribution is 0.809. The molecule has 0 amide bonds. The number of nitrogens with zero attached hydrogens (tertiary/aromatic N) is 3. The van der Waals surface area contributed by atoms with Gasteiger partial charge in [0, 0.05) is 17.5 Å². The SMILES string of the molecule is N#Cc1ccccc1N=C1CCCc2ncccc21. The van der Waals surface area contributed by atoms with E-state index in [1.54, 1.807) is 6.07 Å². The van der Waals surface area contributed by atoms with Gasteiger partial charge in [-0.3, -0.25) is 9.98 Å². The molecule has 1 heterocycles. The van der Waals surface area contributed by atoms with Crippen LogP contribution in [-0.2, 0) is 6.42 Å². The lowest BCUT2D eigenvalue weighted by Gasteiger charge is -2.16. The number of hydrogen-bond acceptors (Lipinski definition) is 3. The Morgan fingerprint density at radius 3 is 2.89 bits per heavy atom. The molecule has 0 bridgehead atoms. The molecule has 0 saturated carbocycles. The number of para-hydroxylation sites is 1. The molecule has 0 saturated heterocycles. The molecule has 1 aliphatic carbocycles. The summed E-state index contributed by atoms with van der Waals surface area (Å²) in [5, 5.41) is 9.11. The molecule has 0 unspecified atom stereocenters. The summed E-state index contributed by atoms with van der Waals surface area (Å²) >= 11 is 0. The molecule has 2 aromatic rings. The molecule has 1 aliphatic rings. The fourth-order valence-electron chi connectivity index (χ4n) is 2.39. The van der Waals surface area contributed by atoms with Crippen molar-refractivity contribution in [2.75, 3.05) is 0 Å². The first-order valence-electron chi connectivity index (χ1n) is 6.39. The number of pyridine rings is 1. The highest BCUT2D eigenvalue weighted by molar-refractivity contribution is 6.03. The van der Waals surface area contributed by atoms with Crippen LogP contribution in [-0.4, -0.2) is 10.7 Å². The van der Waals surface area contributed by atoms with Crippen LogP contribution in [0.25, 0.3) is 0 Å². The van der Waals surface area contributed by atoms with Crippen LogP contribution >= 0.6 is 0 Å². The number of aryl methyl sites for hydroxylation is 1. The fraction of sp³-hybridized carbons (Fsp3) is 0.188. The van der Waals surface area contributed by atoms with Gasteiger partial charge < -0.3 is 0 Å². The van der Waals surface area contributed by atoms with Crippen molar-refractivity contribution >= 4 is 11.4 Å². The Labute approximate surface area is 112 Å². The van der Waals surface area contributed by atoms with E-state index in [1.165, 1.54) is 0 Å². The lowest BCUT2D eigenvalue weighted by atomic mass is 9.94. The van der Waals surface area contributed by atoms with Crippen molar-refractivity contribution in [2.45, 2.75) is 19.3 Å². The molecule has 0 N–H and O–H groups in total. The number of fused-ring (bicyclic) bond motifs is 1. The van der Waals surface area contributed by atoms with Gasteiger partial charge in [0.05, 0.1) is 17.0 Å². The normalized spacial score (nSPS) is 15.8. The van der Waals surface area contributed by atoms with Crippen molar-refractivity contribution in [1.29, 1.82) is 5.26 Å². The van der Waals surface area contributed by atoms with Gasteiger partial charge in [-0.25, -0.2) is 0 Å². The summed E-state index contributed by atoms with van der Waals surface area (Å²) in [7, 11) is 0. The first-order chi connectivity index (χ1) is 9.38. The molecule has 1 aromatic heterocycles. The number of aliphatic imine (C=N–C) groups is 1. The predicted octanol–water partition coefficient (Wildman–Crippen LogP) is 3.41. The largest absolute Gasteiger partial charge is 0.261 e. The molecular formula is C16H13N3. The second kappa shape index (κ2) is 5.03. The average molecular weight is 247 g/mol. The Bertz CT molecular complexity index is 680. The Morgan fingerprint density at radius 1 is 1.11 bits per heavy atom. The second-order valence-electron chi connectivity index (χ2n) is 4.54. The second-order valence-corrected chi connectivity index (χ2v) is 4.54. The Morgan fingerprint density at radius 2 is 2.00 bits per heavy atom. The number of benzene rings is 1. The number of aromatic nitrogens is 1. The van der Waals surface area contributed by atoms with Crippen LogP contribution in [0.4, 0.5) is 5.69 Å². The molecule has 92 valence electrons. The van der Waals surface area contributed by atoms with Crippen LogP contribution in [0.5, 0.6) is 0 Å². The van der Waals surface area contributed by atoms with E-state index in [2.05, 4.69) is 22.1 Å². The Kier molecular flexibility index (Phi) is 3.07. The molecule has 3 nitrogen and oxygen atoms in total. The molecule has 0 aliphatic heterocycles. The van der Waals surface area contributed by atoms with Crippen molar-refractivity contribution in [2.24, 2.45) is 4.99 Å². The first kappa shape index (κ1) is 11.6. The zero-order chi connectivity index (χ0) is 13.1. The van der Waals surface area contributed by atoms with Crippen molar-refractivity contribution in [3.05, 3.63) is 59.4 Å². The number of hydrogen-bond donors (Lipinski definition) is 0. The molecule has 1 aromatic carbocycles. The van der Waals surface area contributed by atoms with Gasteiger partial charge in [-0.15, -0.1) is 0 Å². The van der Waals surface area contributed by atoms with E-state index in [1.807, 2.05) is 30.5 Å². The van der Waals surface area contributed by atoms with Crippen molar-refractivity contribution in [3.63, 3.8) is 0 Å². The topological polar surface area (TPSA) is 49.0 Å². The maximum absolute atomic E-state index is 9.11. The maximum Gasteiger partial charge on any atom is 0.101 e. The van der Waals surface area contributed by atoms with Gasteiger partial charge in [0.25, 0.3) is 0 Å². The van der Waals surface area contributed by atoms with Crippen molar-refractivity contribution in [1.82, 2.24) is 4.98 Å². The standard InChI is InChI=1S/C16H13N3/c17-11-12-5-1-2-7-14(12)19-16-9-3-8-15-13(16)6-4-10-18-15/h1-2,4-7,10H,3,8-9H2. The highest BCUT2D eigenvalue weighted by Gasteiger charge is 2.16. The molecule has 0 fully saturated rings. The van der Waals surface area contributed by atoms with Crippen molar-refractivity contribution < 1.29 is 0 Å². The quantitative estimate of drug-likeness (QED) is 0.775. The van der Waals surface area contributed by atoms with Gasteiger partial charge in [0.2, 0.25) is 0 Å². The fourth-order valence-corrected chi connectivity index (χ4v) is 2.39. The molecule has 19 heavy (non-hydrogen) atoms. The summed E-state index contributed by atoms with van der Waals surface area (Å²) in [5.41, 5.74) is 4.64. The van der Waals surface area contributed by atoms with Crippen LogP contribution in [0.3, 0.4) is 0 Å². The zero-order valence-corrected chi connectivity index (χ0v) is 10.5. The summed E-state index contributed by atoms with van der Waals surface area (Å²) in [5.74, 6) is 0. The molecule has 0 atom stereocenters. The highest BCUT2D eigenvalue weighted by Crippen LogP contribution is 2.24. The maximum atomic E-state index is 9.11. The smallest absolute Gasteiger partial charge is 0.101 e. The van der Waals surface area contributed by atoms with Crippen LogP contribution in [0.15, 0.2) is 47.6 Å². The third kappa shape index (κ3) is 2.25. The van der Waals surface area contributed by atoms with E-state index in [4.69, 9.17) is 5.26 Å². The van der Waals surface area contributed by atoms with Gasteiger partial charge in [-0.1, -0.05) is 12.1 Å². The van der Waals surface area contributed by atoms with E-state index in [9.17, 15) is 0 Å². The molecule has 0 spiro atoms. The minimum absolute atomic E-state index is 0.617. The highest BCUT2D eigenvalue weighted by atomic mass is 14.8. The lowest BCUT2D eigenvalue weighted by Crippen LogP contribution is -2.13. The van der Waals surface area contributed by atoms with E-state index in [-0.39, 0.29) is 0 Å². The van der Waals surface area contributed by atoms with E-state index in [0.29, 0.717) is 5.56 Å². The minimum atomic E-state index is 0.617. The minimum Gasteiger partial charge on any atom is -0.261 e. The van der Waals surface area contributed by atoms with Crippen LogP contribution < -0.4 is 0 Å². The third-order valence-corrected chi connectivity index (χ3v) is 3.31.